The third-order valence-corrected chi connectivity index (χ3v) is 4.70. The van der Waals surface area contributed by atoms with E-state index < -0.39 is 0 Å². The Morgan fingerprint density at radius 1 is 1.08 bits per heavy atom. The summed E-state index contributed by atoms with van der Waals surface area (Å²) < 4.78 is 4.98. The maximum atomic E-state index is 12.4. The fraction of sp³-hybridized carbons (Fsp3) is 0.100. The number of hydrogen-bond donors (Lipinski definition) is 1. The van der Waals surface area contributed by atoms with Crippen molar-refractivity contribution in [1.29, 1.82) is 0 Å². The van der Waals surface area contributed by atoms with E-state index in [4.69, 9.17) is 0 Å². The van der Waals surface area contributed by atoms with E-state index in [0.717, 1.165) is 33.2 Å². The van der Waals surface area contributed by atoms with Crippen LogP contribution in [0.25, 0.3) is 10.9 Å². The van der Waals surface area contributed by atoms with Crippen LogP contribution in [0.15, 0.2) is 77.9 Å². The van der Waals surface area contributed by atoms with E-state index in [1.54, 1.807) is 12.5 Å². The fourth-order valence-corrected chi connectivity index (χ4v) is 3.33. The smallest absolute Gasteiger partial charge is 0.244 e. The Balaban J connectivity index is 1.41. The molecule has 2 aromatic heterocycles. The van der Waals surface area contributed by atoms with E-state index in [1.165, 1.54) is 0 Å². The Morgan fingerprint density at radius 2 is 1.92 bits per heavy atom. The molecule has 4 rings (SSSR count). The summed E-state index contributed by atoms with van der Waals surface area (Å²) in [6, 6.07) is 15.9. The molecule has 6 heteroatoms. The van der Waals surface area contributed by atoms with Gasteiger partial charge in [0.25, 0.3) is 0 Å². The van der Waals surface area contributed by atoms with Crippen molar-refractivity contribution in [1.82, 2.24) is 14.1 Å². The molecule has 0 saturated heterocycles. The van der Waals surface area contributed by atoms with Crippen molar-refractivity contribution in [3.63, 3.8) is 0 Å². The van der Waals surface area contributed by atoms with Crippen molar-refractivity contribution < 1.29 is 4.79 Å². The van der Waals surface area contributed by atoms with Gasteiger partial charge in [0.2, 0.25) is 5.91 Å². The molecule has 0 aliphatic carbocycles. The average molecular weight is 409 g/mol. The van der Waals surface area contributed by atoms with Gasteiger partial charge in [0, 0.05) is 46.2 Å². The molecule has 0 atom stereocenters. The highest BCUT2D eigenvalue weighted by molar-refractivity contribution is 9.10. The lowest BCUT2D eigenvalue weighted by molar-refractivity contribution is -0.116. The largest absolute Gasteiger partial charge is 0.338 e. The third kappa shape index (κ3) is 3.70. The van der Waals surface area contributed by atoms with Crippen molar-refractivity contribution in [2.24, 2.45) is 0 Å². The number of nitrogens with one attached hydrogen (secondary N) is 1. The predicted octanol–water partition coefficient (Wildman–Crippen LogP) is 4.29. The molecular weight excluding hydrogens is 392 g/mol. The highest BCUT2D eigenvalue weighted by atomic mass is 79.9. The zero-order valence-electron chi connectivity index (χ0n) is 14.0. The van der Waals surface area contributed by atoms with Crippen LogP contribution in [-0.4, -0.2) is 20.0 Å². The summed E-state index contributed by atoms with van der Waals surface area (Å²) in [4.78, 5) is 16.4. The van der Waals surface area contributed by atoms with E-state index in [0.29, 0.717) is 0 Å². The quantitative estimate of drug-likeness (QED) is 0.535. The number of halogens is 1. The Morgan fingerprint density at radius 3 is 2.69 bits per heavy atom. The Hall–Kier alpha value is -2.86. The van der Waals surface area contributed by atoms with Gasteiger partial charge in [-0.15, -0.1) is 0 Å². The van der Waals surface area contributed by atoms with Gasteiger partial charge in [0.05, 0.1) is 6.33 Å². The minimum absolute atomic E-state index is 0.0484. The summed E-state index contributed by atoms with van der Waals surface area (Å²) in [5.74, 6) is -0.0484. The summed E-state index contributed by atoms with van der Waals surface area (Å²) in [5, 5.41) is 4.06. The number of amides is 1. The van der Waals surface area contributed by atoms with Crippen LogP contribution in [0.2, 0.25) is 0 Å². The monoisotopic (exact) mass is 408 g/mol. The molecular formula is C20H17BrN4O. The number of imidazole rings is 1. The molecule has 4 aromatic rings. The molecule has 2 aromatic carbocycles. The lowest BCUT2D eigenvalue weighted by atomic mass is 10.2. The maximum Gasteiger partial charge on any atom is 0.244 e. The lowest BCUT2D eigenvalue weighted by Crippen LogP contribution is -2.18. The first-order valence-corrected chi connectivity index (χ1v) is 9.06. The first-order valence-electron chi connectivity index (χ1n) is 8.26. The Labute approximate surface area is 159 Å². The van der Waals surface area contributed by atoms with Gasteiger partial charge < -0.3 is 14.5 Å². The van der Waals surface area contributed by atoms with Crippen LogP contribution >= 0.6 is 15.9 Å². The Kier molecular flexibility index (Phi) is 4.58. The van der Waals surface area contributed by atoms with Crippen LogP contribution in [-0.2, 0) is 17.9 Å². The van der Waals surface area contributed by atoms with Crippen molar-refractivity contribution in [3.8, 4) is 0 Å². The van der Waals surface area contributed by atoms with E-state index >= 15 is 0 Å². The molecule has 0 fully saturated rings. The zero-order valence-corrected chi connectivity index (χ0v) is 15.6. The van der Waals surface area contributed by atoms with Gasteiger partial charge >= 0.3 is 0 Å². The van der Waals surface area contributed by atoms with Crippen molar-refractivity contribution in [3.05, 3.63) is 83.5 Å². The van der Waals surface area contributed by atoms with E-state index in [-0.39, 0.29) is 12.5 Å². The number of rotatable bonds is 5. The number of benzene rings is 2. The van der Waals surface area contributed by atoms with E-state index in [9.17, 15) is 4.79 Å². The van der Waals surface area contributed by atoms with Gasteiger partial charge in [-0.1, -0.05) is 28.1 Å². The highest BCUT2D eigenvalue weighted by Gasteiger charge is 2.07. The van der Waals surface area contributed by atoms with Gasteiger partial charge in [-0.2, -0.15) is 0 Å². The second-order valence-electron chi connectivity index (χ2n) is 6.13. The van der Waals surface area contributed by atoms with Crippen molar-refractivity contribution >= 4 is 38.4 Å². The molecule has 26 heavy (non-hydrogen) atoms. The van der Waals surface area contributed by atoms with Crippen LogP contribution in [0.1, 0.15) is 5.56 Å². The van der Waals surface area contributed by atoms with Gasteiger partial charge in [0.1, 0.15) is 6.54 Å². The molecule has 0 bridgehead atoms. The van der Waals surface area contributed by atoms with Gasteiger partial charge in [-0.3, -0.25) is 4.79 Å². The minimum Gasteiger partial charge on any atom is -0.338 e. The van der Waals surface area contributed by atoms with Gasteiger partial charge in [-0.05, 0) is 42.0 Å². The van der Waals surface area contributed by atoms with Crippen LogP contribution in [0.5, 0.6) is 0 Å². The zero-order chi connectivity index (χ0) is 17.9. The molecule has 1 N–H and O–H groups in total. The summed E-state index contributed by atoms with van der Waals surface area (Å²) in [6.45, 7) is 1.04. The summed E-state index contributed by atoms with van der Waals surface area (Å²) in [5.41, 5.74) is 2.99. The number of carbonyl (C=O) groups excluding carboxylic acids is 1. The molecule has 0 saturated carbocycles. The maximum absolute atomic E-state index is 12.4. The average Bonchev–Trinajstić information content (AvgIpc) is 3.27. The molecule has 0 unspecified atom stereocenters. The highest BCUT2D eigenvalue weighted by Crippen LogP contribution is 2.21. The van der Waals surface area contributed by atoms with Crippen molar-refractivity contribution in [2.75, 3.05) is 5.32 Å². The lowest BCUT2D eigenvalue weighted by Gasteiger charge is -2.09. The molecule has 0 aliphatic rings. The van der Waals surface area contributed by atoms with Gasteiger partial charge in [-0.25, -0.2) is 4.98 Å². The predicted molar refractivity (Wildman–Crippen MR) is 106 cm³/mol. The van der Waals surface area contributed by atoms with Crippen LogP contribution < -0.4 is 5.32 Å². The standard InChI is InChI=1S/C20H17BrN4O/c21-17-3-6-19-16(11-17)7-9-25(19)13-20(26)23-18-4-1-15(2-5-18)12-24-10-8-22-14-24/h1-11,14H,12-13H2,(H,23,26). The third-order valence-electron chi connectivity index (χ3n) is 4.21. The second-order valence-corrected chi connectivity index (χ2v) is 7.04. The summed E-state index contributed by atoms with van der Waals surface area (Å²) in [7, 11) is 0. The minimum atomic E-state index is -0.0484. The van der Waals surface area contributed by atoms with Crippen LogP contribution in [0.3, 0.4) is 0 Å². The molecule has 1 amide bonds. The number of fused-ring (bicyclic) bond motifs is 1. The molecule has 0 spiro atoms. The van der Waals surface area contributed by atoms with Crippen LogP contribution in [0.4, 0.5) is 5.69 Å². The Bertz CT molecular complexity index is 1040. The molecule has 0 aliphatic heterocycles. The van der Waals surface area contributed by atoms with E-state index in [2.05, 4.69) is 26.2 Å². The normalized spacial score (nSPS) is 11.0. The number of nitrogens with zero attached hydrogens (tertiary/aromatic N) is 3. The fourth-order valence-electron chi connectivity index (χ4n) is 2.95. The first-order chi connectivity index (χ1) is 12.7. The topological polar surface area (TPSA) is 51.9 Å². The summed E-state index contributed by atoms with van der Waals surface area (Å²) >= 11 is 3.47. The summed E-state index contributed by atoms with van der Waals surface area (Å²) in [6.07, 6.45) is 7.41. The molecule has 0 radical (unpaired) electrons. The molecule has 130 valence electrons. The number of carbonyl (C=O) groups is 1. The van der Waals surface area contributed by atoms with Crippen molar-refractivity contribution in [2.45, 2.75) is 13.1 Å². The number of anilines is 1. The first kappa shape index (κ1) is 16.6. The number of hydrogen-bond acceptors (Lipinski definition) is 2. The van der Waals surface area contributed by atoms with Crippen LogP contribution in [0, 0.1) is 0 Å². The molecule has 2 heterocycles. The van der Waals surface area contributed by atoms with E-state index in [1.807, 2.05) is 70.1 Å². The van der Waals surface area contributed by atoms with Gasteiger partial charge in [0.15, 0.2) is 0 Å². The molecule has 5 nitrogen and oxygen atoms in total. The number of aromatic nitrogens is 3. The second kappa shape index (κ2) is 7.17. The SMILES string of the molecule is O=C(Cn1ccc2cc(Br)ccc21)Nc1ccc(Cn2ccnc2)cc1.